The van der Waals surface area contributed by atoms with Gasteiger partial charge in [0.1, 0.15) is 17.8 Å². The molecule has 234 valence electrons. The normalized spacial score (nSPS) is 24.8. The van der Waals surface area contributed by atoms with Gasteiger partial charge in [-0.15, -0.1) is 0 Å². The molecule has 0 aliphatic heterocycles. The minimum Gasteiger partial charge on any atom is -0.252 e. The minimum absolute atomic E-state index is 0.0230. The van der Waals surface area contributed by atoms with Crippen LogP contribution in [0.5, 0.6) is 0 Å². The second-order valence-corrected chi connectivity index (χ2v) is 17.9. The highest BCUT2D eigenvalue weighted by molar-refractivity contribution is 5.14. The SMILES string of the molecule is CC1CC(C(C(C)(C)C)(C(C)(C)C)C(C)(CCC(C)(COO)OOC(C)(C)C)OOC(C)(C)C)CC(C)(C)C1. The van der Waals surface area contributed by atoms with E-state index >= 15 is 0 Å². The molecule has 0 aromatic carbocycles. The van der Waals surface area contributed by atoms with E-state index in [0.29, 0.717) is 24.7 Å². The molecule has 1 aliphatic rings. The van der Waals surface area contributed by atoms with Crippen LogP contribution >= 0.6 is 0 Å². The number of hydrogen-bond acceptors (Lipinski definition) is 6. The van der Waals surface area contributed by atoms with Gasteiger partial charge in [0, 0.05) is 5.41 Å². The topological polar surface area (TPSA) is 66.4 Å². The quantitative estimate of drug-likeness (QED) is 0.201. The van der Waals surface area contributed by atoms with Crippen LogP contribution in [0.25, 0.3) is 0 Å². The molecule has 0 bridgehead atoms. The Morgan fingerprint density at radius 1 is 0.667 bits per heavy atom. The summed E-state index contributed by atoms with van der Waals surface area (Å²) in [7, 11) is 0. The van der Waals surface area contributed by atoms with Gasteiger partial charge in [-0.1, -0.05) is 62.3 Å². The van der Waals surface area contributed by atoms with Gasteiger partial charge in [-0.2, -0.15) is 0 Å². The van der Waals surface area contributed by atoms with Crippen LogP contribution in [-0.4, -0.2) is 34.3 Å². The van der Waals surface area contributed by atoms with Crippen molar-refractivity contribution in [1.82, 2.24) is 0 Å². The predicted molar refractivity (Wildman–Crippen MR) is 160 cm³/mol. The maximum atomic E-state index is 9.49. The van der Waals surface area contributed by atoms with E-state index in [1.54, 1.807) is 0 Å². The van der Waals surface area contributed by atoms with Crippen LogP contribution in [0.15, 0.2) is 0 Å². The van der Waals surface area contributed by atoms with E-state index in [0.717, 1.165) is 12.8 Å². The van der Waals surface area contributed by atoms with Crippen LogP contribution in [0.1, 0.15) is 150 Å². The van der Waals surface area contributed by atoms with Crippen molar-refractivity contribution >= 4 is 0 Å². The summed E-state index contributed by atoms with van der Waals surface area (Å²) in [5.74, 6) is 1.02. The Morgan fingerprint density at radius 3 is 1.51 bits per heavy atom. The van der Waals surface area contributed by atoms with Gasteiger partial charge in [-0.3, -0.25) is 5.26 Å². The summed E-state index contributed by atoms with van der Waals surface area (Å²) in [5, 5.41) is 9.49. The fourth-order valence-corrected chi connectivity index (χ4v) is 8.57. The molecule has 0 radical (unpaired) electrons. The van der Waals surface area contributed by atoms with Gasteiger partial charge in [-0.25, -0.2) is 24.4 Å². The first-order valence-electron chi connectivity index (χ1n) is 15.1. The van der Waals surface area contributed by atoms with E-state index in [2.05, 4.69) is 74.1 Å². The lowest BCUT2D eigenvalue weighted by atomic mass is 9.39. The molecule has 0 amide bonds. The predicted octanol–water partition coefficient (Wildman–Crippen LogP) is 9.81. The molecule has 0 aromatic rings. The molecule has 1 fully saturated rings. The third-order valence-corrected chi connectivity index (χ3v) is 8.67. The van der Waals surface area contributed by atoms with Crippen LogP contribution in [0.2, 0.25) is 0 Å². The lowest BCUT2D eigenvalue weighted by molar-refractivity contribution is -0.451. The Balaban J connectivity index is 3.83. The molecule has 0 aromatic heterocycles. The molecule has 4 atom stereocenters. The van der Waals surface area contributed by atoms with E-state index in [-0.39, 0.29) is 28.3 Å². The van der Waals surface area contributed by atoms with Crippen LogP contribution < -0.4 is 0 Å². The first-order valence-corrected chi connectivity index (χ1v) is 15.1. The van der Waals surface area contributed by atoms with Crippen molar-refractivity contribution in [3.05, 3.63) is 0 Å². The summed E-state index contributed by atoms with van der Waals surface area (Å²) >= 11 is 0. The van der Waals surface area contributed by atoms with Crippen molar-refractivity contribution in [1.29, 1.82) is 0 Å². The molecule has 1 rings (SSSR count). The molecule has 6 heteroatoms. The Hall–Kier alpha value is -0.240. The van der Waals surface area contributed by atoms with E-state index in [4.69, 9.17) is 19.6 Å². The largest absolute Gasteiger partial charge is 0.252 e. The van der Waals surface area contributed by atoms with Gasteiger partial charge in [0.05, 0.1) is 11.2 Å². The maximum Gasteiger partial charge on any atom is 0.127 e. The van der Waals surface area contributed by atoms with Crippen molar-refractivity contribution in [3.8, 4) is 0 Å². The summed E-state index contributed by atoms with van der Waals surface area (Å²) in [6.45, 7) is 37.5. The van der Waals surface area contributed by atoms with Gasteiger partial charge in [0.25, 0.3) is 0 Å². The van der Waals surface area contributed by atoms with Crippen molar-refractivity contribution in [2.24, 2.45) is 33.5 Å². The molecule has 1 N–H and O–H groups in total. The molecule has 1 aliphatic carbocycles. The van der Waals surface area contributed by atoms with E-state index in [1.807, 2.05) is 48.5 Å². The minimum atomic E-state index is -0.894. The van der Waals surface area contributed by atoms with Crippen LogP contribution in [0.4, 0.5) is 0 Å². The molecule has 4 unspecified atom stereocenters. The van der Waals surface area contributed by atoms with Crippen molar-refractivity contribution in [2.75, 3.05) is 6.61 Å². The highest BCUT2D eigenvalue weighted by Crippen LogP contribution is 2.68. The first kappa shape index (κ1) is 36.8. The maximum absolute atomic E-state index is 9.49. The second-order valence-electron chi connectivity index (χ2n) is 17.9. The molecule has 0 saturated heterocycles. The molecule has 0 heterocycles. The standard InChI is InChI=1S/C33H66O6/c1-24-20-25(22-30(14,15)21-24)33(26(2,3)4,27(5,6)7)32(17,39-37-29(11,12)13)19-18-31(16,23-35-34)38-36-28(8,9)10/h24-25,34H,18-23H2,1-17H3. The fourth-order valence-electron chi connectivity index (χ4n) is 8.57. The number of rotatable bonds is 11. The average Bonchev–Trinajstić information content (AvgIpc) is 2.65. The zero-order chi connectivity index (χ0) is 30.9. The van der Waals surface area contributed by atoms with Crippen LogP contribution in [0, 0.1) is 33.5 Å². The van der Waals surface area contributed by atoms with E-state index < -0.39 is 22.4 Å². The van der Waals surface area contributed by atoms with Gasteiger partial charge in [0.15, 0.2) is 0 Å². The monoisotopic (exact) mass is 558 g/mol. The lowest BCUT2D eigenvalue weighted by Gasteiger charge is -2.67. The summed E-state index contributed by atoms with van der Waals surface area (Å²) < 4.78 is 0. The molecule has 6 nitrogen and oxygen atoms in total. The van der Waals surface area contributed by atoms with Gasteiger partial charge in [-0.05, 0) is 116 Å². The summed E-state index contributed by atoms with van der Waals surface area (Å²) in [4.78, 5) is 29.4. The zero-order valence-electron chi connectivity index (χ0n) is 28.9. The number of hydrogen-bond donors (Lipinski definition) is 1. The van der Waals surface area contributed by atoms with E-state index in [1.165, 1.54) is 6.42 Å². The van der Waals surface area contributed by atoms with Crippen molar-refractivity contribution < 1.29 is 29.7 Å². The van der Waals surface area contributed by atoms with Crippen molar-refractivity contribution in [3.63, 3.8) is 0 Å². The Labute approximate surface area is 242 Å². The Kier molecular flexibility index (Phi) is 11.5. The average molecular weight is 559 g/mol. The third-order valence-electron chi connectivity index (χ3n) is 8.67. The lowest BCUT2D eigenvalue weighted by Crippen LogP contribution is -2.67. The molecule has 39 heavy (non-hydrogen) atoms. The molecular formula is C33H66O6. The van der Waals surface area contributed by atoms with Gasteiger partial charge >= 0.3 is 0 Å². The van der Waals surface area contributed by atoms with Gasteiger partial charge < -0.3 is 0 Å². The molecule has 0 spiro atoms. The highest BCUT2D eigenvalue weighted by Gasteiger charge is 2.67. The summed E-state index contributed by atoms with van der Waals surface area (Å²) in [5.41, 5.74) is -2.92. The molecular weight excluding hydrogens is 492 g/mol. The van der Waals surface area contributed by atoms with Crippen molar-refractivity contribution in [2.45, 2.75) is 172 Å². The first-order chi connectivity index (χ1) is 17.1. The van der Waals surface area contributed by atoms with E-state index in [9.17, 15) is 5.26 Å². The van der Waals surface area contributed by atoms with Crippen LogP contribution in [-0.2, 0) is 24.4 Å². The smallest absolute Gasteiger partial charge is 0.127 e. The Morgan fingerprint density at radius 2 is 1.13 bits per heavy atom. The fraction of sp³-hybridized carbons (Fsp3) is 1.00. The second kappa shape index (κ2) is 12.2. The third kappa shape index (κ3) is 9.38. The Bertz CT molecular complexity index is 749. The van der Waals surface area contributed by atoms with Gasteiger partial charge in [0.2, 0.25) is 0 Å². The summed E-state index contributed by atoms with van der Waals surface area (Å²) in [6.07, 6.45) is 4.66. The molecule has 1 saturated carbocycles. The zero-order valence-corrected chi connectivity index (χ0v) is 28.9. The summed E-state index contributed by atoms with van der Waals surface area (Å²) in [6, 6.07) is 0. The highest BCUT2D eigenvalue weighted by atomic mass is 17.2. The van der Waals surface area contributed by atoms with Crippen LogP contribution in [0.3, 0.4) is 0 Å².